The second-order valence-corrected chi connectivity index (χ2v) is 8.01. The van der Waals surface area contributed by atoms with Gasteiger partial charge in [0, 0.05) is 16.6 Å². The van der Waals surface area contributed by atoms with Crippen molar-refractivity contribution in [2.24, 2.45) is 0 Å². The first kappa shape index (κ1) is 22.7. The smallest absolute Gasteiger partial charge is 0.416 e. The van der Waals surface area contributed by atoms with Crippen LogP contribution in [0.1, 0.15) is 31.9 Å². The van der Waals surface area contributed by atoms with Gasteiger partial charge in [-0.05, 0) is 60.5 Å². The zero-order chi connectivity index (χ0) is 22.0. The molecule has 0 radical (unpaired) electrons. The average molecular weight is 475 g/mol. The summed E-state index contributed by atoms with van der Waals surface area (Å²) >= 11 is 3.21. The number of carbonyl (C=O) groups excluding carboxylic acids is 1. The van der Waals surface area contributed by atoms with Crippen LogP contribution in [0, 0.1) is 10.1 Å². The molecule has 2 rings (SSSR count). The van der Waals surface area contributed by atoms with Crippen molar-refractivity contribution >= 4 is 33.4 Å². The lowest BCUT2D eigenvalue weighted by atomic mass is 10.1. The lowest BCUT2D eigenvalue weighted by Crippen LogP contribution is -2.36. The number of anilines is 1. The van der Waals surface area contributed by atoms with E-state index in [9.17, 15) is 28.1 Å². The van der Waals surface area contributed by atoms with Crippen molar-refractivity contribution in [3.63, 3.8) is 0 Å². The van der Waals surface area contributed by atoms with Crippen LogP contribution in [0.2, 0.25) is 0 Å². The number of hydrogen-bond acceptors (Lipinski definition) is 4. The summed E-state index contributed by atoms with van der Waals surface area (Å²) in [5, 5.41) is 10.9. The van der Waals surface area contributed by atoms with Gasteiger partial charge in [0.2, 0.25) is 0 Å². The number of amides is 1. The Hall–Kier alpha value is -2.62. The van der Waals surface area contributed by atoms with Crippen molar-refractivity contribution in [2.45, 2.75) is 39.1 Å². The van der Waals surface area contributed by atoms with E-state index in [4.69, 9.17) is 4.74 Å². The number of hydrogen-bond donors (Lipinski definition) is 0. The summed E-state index contributed by atoms with van der Waals surface area (Å²) in [6.45, 7) is 4.92. The first-order valence-corrected chi connectivity index (χ1v) is 9.18. The van der Waals surface area contributed by atoms with Crippen LogP contribution in [0.15, 0.2) is 46.9 Å². The van der Waals surface area contributed by atoms with Gasteiger partial charge in [0.1, 0.15) is 5.60 Å². The number of nitro benzene ring substituents is 1. The maximum atomic E-state index is 12.8. The fourth-order valence-electron chi connectivity index (χ4n) is 2.38. The summed E-state index contributed by atoms with van der Waals surface area (Å²) in [5.41, 5.74) is -1.09. The second-order valence-electron chi connectivity index (χ2n) is 7.15. The van der Waals surface area contributed by atoms with Gasteiger partial charge in [-0.2, -0.15) is 13.2 Å². The highest BCUT2D eigenvalue weighted by molar-refractivity contribution is 9.10. The van der Waals surface area contributed by atoms with E-state index in [1.54, 1.807) is 20.8 Å². The molecule has 0 aliphatic heterocycles. The Bertz CT molecular complexity index is 909. The maximum Gasteiger partial charge on any atom is 0.416 e. The van der Waals surface area contributed by atoms with Crippen LogP contribution >= 0.6 is 15.9 Å². The molecule has 10 heteroatoms. The molecule has 0 saturated carbocycles. The molecule has 6 nitrogen and oxygen atoms in total. The number of non-ortho nitro benzene ring substituents is 1. The van der Waals surface area contributed by atoms with Crippen LogP contribution < -0.4 is 4.90 Å². The molecule has 0 bridgehead atoms. The number of ether oxygens (including phenoxy) is 1. The highest BCUT2D eigenvalue weighted by atomic mass is 79.9. The van der Waals surface area contributed by atoms with Crippen LogP contribution in [-0.4, -0.2) is 16.6 Å². The Morgan fingerprint density at radius 3 is 2.17 bits per heavy atom. The van der Waals surface area contributed by atoms with E-state index in [2.05, 4.69) is 15.9 Å². The summed E-state index contributed by atoms with van der Waals surface area (Å²) in [4.78, 5) is 24.3. The fourth-order valence-corrected chi connectivity index (χ4v) is 2.96. The number of nitro groups is 1. The first-order chi connectivity index (χ1) is 13.3. The van der Waals surface area contributed by atoms with Crippen LogP contribution in [0.25, 0.3) is 0 Å². The number of nitrogens with zero attached hydrogens (tertiary/aromatic N) is 2. The van der Waals surface area contributed by atoms with Gasteiger partial charge in [0.15, 0.2) is 0 Å². The topological polar surface area (TPSA) is 72.7 Å². The number of carbonyl (C=O) groups is 1. The van der Waals surface area contributed by atoms with Crippen molar-refractivity contribution < 1.29 is 27.6 Å². The third-order valence-electron chi connectivity index (χ3n) is 3.67. The normalized spacial score (nSPS) is 11.8. The van der Waals surface area contributed by atoms with Crippen LogP contribution in [-0.2, 0) is 17.5 Å². The molecule has 0 aliphatic carbocycles. The molecule has 2 aromatic carbocycles. The minimum Gasteiger partial charge on any atom is -0.443 e. The van der Waals surface area contributed by atoms with Crippen LogP contribution in [0.3, 0.4) is 0 Å². The van der Waals surface area contributed by atoms with Crippen molar-refractivity contribution in [2.75, 3.05) is 4.90 Å². The molecule has 1 amide bonds. The van der Waals surface area contributed by atoms with E-state index in [0.717, 1.165) is 12.1 Å². The monoisotopic (exact) mass is 474 g/mol. The molecule has 2 aromatic rings. The van der Waals surface area contributed by atoms with Crippen LogP contribution in [0.4, 0.5) is 29.3 Å². The van der Waals surface area contributed by atoms with Crippen molar-refractivity contribution in [3.05, 3.63) is 68.2 Å². The largest absolute Gasteiger partial charge is 0.443 e. The summed E-state index contributed by atoms with van der Waals surface area (Å²) in [5.74, 6) is 0. The van der Waals surface area contributed by atoms with Gasteiger partial charge in [-0.15, -0.1) is 0 Å². The van der Waals surface area contributed by atoms with Crippen LogP contribution in [0.5, 0.6) is 0 Å². The van der Waals surface area contributed by atoms with E-state index in [-0.39, 0.29) is 22.4 Å². The van der Waals surface area contributed by atoms with Gasteiger partial charge in [0.05, 0.1) is 22.7 Å². The van der Waals surface area contributed by atoms with Gasteiger partial charge in [-0.1, -0.05) is 12.1 Å². The fraction of sp³-hybridized carbons (Fsp3) is 0.316. The van der Waals surface area contributed by atoms with Crippen molar-refractivity contribution in [1.82, 2.24) is 0 Å². The lowest BCUT2D eigenvalue weighted by molar-refractivity contribution is -0.384. The summed E-state index contributed by atoms with van der Waals surface area (Å²) in [6.07, 6.45) is -5.21. The molecule has 0 aliphatic rings. The van der Waals surface area contributed by atoms with E-state index in [1.165, 1.54) is 35.2 Å². The molecule has 0 heterocycles. The minimum atomic E-state index is -4.47. The Morgan fingerprint density at radius 1 is 1.14 bits per heavy atom. The average Bonchev–Trinajstić information content (AvgIpc) is 2.58. The summed E-state index contributed by atoms with van der Waals surface area (Å²) in [7, 11) is 0. The van der Waals surface area contributed by atoms with E-state index >= 15 is 0 Å². The highest BCUT2D eigenvalue weighted by Crippen LogP contribution is 2.33. The maximum absolute atomic E-state index is 12.8. The molecular weight excluding hydrogens is 457 g/mol. The second kappa shape index (κ2) is 8.40. The van der Waals surface area contributed by atoms with E-state index < -0.39 is 28.4 Å². The molecule has 0 aromatic heterocycles. The standard InChI is InChI=1S/C19H18BrF3N2O4/c1-18(2,3)29-17(26)24(16-9-8-14(25(27)28)10-15(16)20)11-12-4-6-13(7-5-12)19(21,22)23/h4-10H,11H2,1-3H3. The van der Waals surface area contributed by atoms with Gasteiger partial charge in [-0.3, -0.25) is 15.0 Å². The van der Waals surface area contributed by atoms with Crippen molar-refractivity contribution in [3.8, 4) is 0 Å². The highest BCUT2D eigenvalue weighted by Gasteiger charge is 2.30. The molecule has 0 unspecified atom stereocenters. The Kier molecular flexibility index (Phi) is 6.56. The van der Waals surface area contributed by atoms with Gasteiger partial charge < -0.3 is 4.74 Å². The lowest BCUT2D eigenvalue weighted by Gasteiger charge is -2.28. The number of halogens is 4. The van der Waals surface area contributed by atoms with Gasteiger partial charge in [-0.25, -0.2) is 4.79 Å². The third kappa shape index (κ3) is 6.18. The summed E-state index contributed by atoms with van der Waals surface area (Å²) < 4.78 is 44.0. The Morgan fingerprint density at radius 2 is 1.72 bits per heavy atom. The van der Waals surface area contributed by atoms with E-state index in [0.29, 0.717) is 5.56 Å². The third-order valence-corrected chi connectivity index (χ3v) is 4.30. The minimum absolute atomic E-state index is 0.0938. The quantitative estimate of drug-likeness (QED) is 0.384. The Balaban J connectivity index is 2.40. The molecule has 0 N–H and O–H groups in total. The number of benzene rings is 2. The zero-order valence-corrected chi connectivity index (χ0v) is 17.4. The number of rotatable bonds is 4. The molecular formula is C19H18BrF3N2O4. The molecule has 156 valence electrons. The first-order valence-electron chi connectivity index (χ1n) is 8.38. The molecule has 29 heavy (non-hydrogen) atoms. The van der Waals surface area contributed by atoms with Crippen molar-refractivity contribution in [1.29, 1.82) is 0 Å². The molecule has 0 atom stereocenters. The zero-order valence-electron chi connectivity index (χ0n) is 15.8. The molecule has 0 fully saturated rings. The summed E-state index contributed by atoms with van der Waals surface area (Å²) in [6, 6.07) is 8.21. The predicted octanol–water partition coefficient (Wildman–Crippen LogP) is 6.32. The van der Waals surface area contributed by atoms with Gasteiger partial charge in [0.25, 0.3) is 5.69 Å². The molecule has 0 spiro atoms. The Labute approximate surface area is 173 Å². The SMILES string of the molecule is CC(C)(C)OC(=O)N(Cc1ccc(C(F)(F)F)cc1)c1ccc([N+](=O)[O-])cc1Br. The van der Waals surface area contributed by atoms with Gasteiger partial charge >= 0.3 is 12.3 Å². The predicted molar refractivity (Wildman–Crippen MR) is 105 cm³/mol. The molecule has 0 saturated heterocycles. The number of alkyl halides is 3. The van der Waals surface area contributed by atoms with E-state index in [1.807, 2.05) is 0 Å².